The lowest BCUT2D eigenvalue weighted by Crippen LogP contribution is -2.23. The van der Waals surface area contributed by atoms with Gasteiger partial charge in [-0.2, -0.15) is 0 Å². The molecule has 1 N–H and O–H groups in total. The number of halogens is 1. The molecule has 3 nitrogen and oxygen atoms in total. The summed E-state index contributed by atoms with van der Waals surface area (Å²) < 4.78 is 14.1. The van der Waals surface area contributed by atoms with Crippen LogP contribution in [0.25, 0.3) is 10.2 Å². The zero-order valence-corrected chi connectivity index (χ0v) is 10.4. The van der Waals surface area contributed by atoms with Crippen LogP contribution < -0.4 is 5.32 Å². The summed E-state index contributed by atoms with van der Waals surface area (Å²) >= 11 is 1.59. The fourth-order valence-corrected chi connectivity index (χ4v) is 3.11. The molecule has 3 rings (SSSR count). The summed E-state index contributed by atoms with van der Waals surface area (Å²) in [6, 6.07) is 5.21. The fraction of sp³-hybridized carbons (Fsp3) is 0.417. The Morgan fingerprint density at radius 1 is 1.53 bits per heavy atom. The van der Waals surface area contributed by atoms with Crippen molar-refractivity contribution in [2.24, 2.45) is 0 Å². The maximum absolute atomic E-state index is 13.0. The second kappa shape index (κ2) is 4.23. The maximum Gasteiger partial charge on any atom is 0.184 e. The van der Waals surface area contributed by atoms with Crippen LogP contribution in [0.2, 0.25) is 0 Å². The summed E-state index contributed by atoms with van der Waals surface area (Å²) in [5.74, 6) is -0.227. The smallest absolute Gasteiger partial charge is 0.184 e. The summed E-state index contributed by atoms with van der Waals surface area (Å²) in [7, 11) is 2.12. The van der Waals surface area contributed by atoms with Gasteiger partial charge in [0.05, 0.1) is 10.2 Å². The first-order valence-corrected chi connectivity index (χ1v) is 6.53. The second-order valence-electron chi connectivity index (χ2n) is 4.52. The van der Waals surface area contributed by atoms with Crippen molar-refractivity contribution in [3.8, 4) is 0 Å². The molecule has 2 heterocycles. The predicted molar refractivity (Wildman–Crippen MR) is 69.1 cm³/mol. The number of aromatic nitrogens is 1. The SMILES string of the molecule is CN1CCC(Nc2nc3cc(F)ccc3s2)C1. The van der Waals surface area contributed by atoms with Crippen LogP contribution in [0.15, 0.2) is 18.2 Å². The lowest BCUT2D eigenvalue weighted by Gasteiger charge is -2.10. The lowest BCUT2D eigenvalue weighted by atomic mass is 10.3. The Bertz CT molecular complexity index is 540. The molecule has 5 heteroatoms. The van der Waals surface area contributed by atoms with Crippen LogP contribution in [0.4, 0.5) is 9.52 Å². The molecule has 1 aliphatic heterocycles. The fourth-order valence-electron chi connectivity index (χ4n) is 2.19. The molecule has 1 fully saturated rings. The third-order valence-corrected chi connectivity index (χ3v) is 4.04. The maximum atomic E-state index is 13.0. The minimum absolute atomic E-state index is 0.227. The Kier molecular flexibility index (Phi) is 2.72. The molecule has 0 bridgehead atoms. The van der Waals surface area contributed by atoms with Gasteiger partial charge in [-0.05, 0) is 32.1 Å². The van der Waals surface area contributed by atoms with Gasteiger partial charge in [0.2, 0.25) is 0 Å². The van der Waals surface area contributed by atoms with Gasteiger partial charge >= 0.3 is 0 Å². The number of benzene rings is 1. The molecule has 1 aromatic carbocycles. The van der Waals surface area contributed by atoms with E-state index in [9.17, 15) is 4.39 Å². The van der Waals surface area contributed by atoms with E-state index in [1.807, 2.05) is 0 Å². The van der Waals surface area contributed by atoms with E-state index in [0.717, 1.165) is 34.9 Å². The molecular formula is C12H14FN3S. The van der Waals surface area contributed by atoms with Gasteiger partial charge in [0.1, 0.15) is 5.82 Å². The Hall–Kier alpha value is -1.20. The zero-order valence-electron chi connectivity index (χ0n) is 9.61. The molecule has 2 aromatic rings. The standard InChI is InChI=1S/C12H14FN3S/c1-16-5-4-9(7-16)14-12-15-10-6-8(13)2-3-11(10)17-12/h2-3,6,9H,4-5,7H2,1H3,(H,14,15). The molecule has 1 saturated heterocycles. The number of hydrogen-bond acceptors (Lipinski definition) is 4. The van der Waals surface area contributed by atoms with Gasteiger partial charge in [0.25, 0.3) is 0 Å². The van der Waals surface area contributed by atoms with Gasteiger partial charge in [-0.15, -0.1) is 0 Å². The number of fused-ring (bicyclic) bond motifs is 1. The molecule has 0 saturated carbocycles. The number of nitrogens with one attached hydrogen (secondary N) is 1. The van der Waals surface area contributed by atoms with Crippen molar-refractivity contribution in [2.75, 3.05) is 25.5 Å². The van der Waals surface area contributed by atoms with Crippen molar-refractivity contribution in [3.05, 3.63) is 24.0 Å². The Labute approximate surface area is 103 Å². The molecule has 90 valence electrons. The average Bonchev–Trinajstić information content (AvgIpc) is 2.84. The van der Waals surface area contributed by atoms with E-state index in [2.05, 4.69) is 22.2 Å². The van der Waals surface area contributed by atoms with Crippen molar-refractivity contribution in [2.45, 2.75) is 12.5 Å². The third kappa shape index (κ3) is 2.25. The lowest BCUT2D eigenvalue weighted by molar-refractivity contribution is 0.414. The van der Waals surface area contributed by atoms with E-state index >= 15 is 0 Å². The van der Waals surface area contributed by atoms with Gasteiger partial charge in [0.15, 0.2) is 5.13 Å². The highest BCUT2D eigenvalue weighted by molar-refractivity contribution is 7.22. The molecule has 1 aromatic heterocycles. The van der Waals surface area contributed by atoms with E-state index in [4.69, 9.17) is 0 Å². The first kappa shape index (κ1) is 10.9. The van der Waals surface area contributed by atoms with E-state index in [0.29, 0.717) is 6.04 Å². The number of thiazole rings is 1. The molecule has 0 radical (unpaired) electrons. The number of hydrogen-bond donors (Lipinski definition) is 1. The predicted octanol–water partition coefficient (Wildman–Crippen LogP) is 2.55. The largest absolute Gasteiger partial charge is 0.357 e. The van der Waals surface area contributed by atoms with E-state index in [1.54, 1.807) is 17.4 Å². The molecule has 1 atom stereocenters. The highest BCUT2D eigenvalue weighted by Gasteiger charge is 2.20. The second-order valence-corrected chi connectivity index (χ2v) is 5.55. The number of nitrogens with zero attached hydrogens (tertiary/aromatic N) is 2. The van der Waals surface area contributed by atoms with E-state index < -0.39 is 0 Å². The molecule has 0 amide bonds. The Morgan fingerprint density at radius 3 is 3.18 bits per heavy atom. The van der Waals surface area contributed by atoms with Crippen LogP contribution in [-0.4, -0.2) is 36.1 Å². The normalized spacial score (nSPS) is 21.2. The van der Waals surface area contributed by atoms with E-state index in [1.165, 1.54) is 12.1 Å². The van der Waals surface area contributed by atoms with Crippen molar-refractivity contribution >= 4 is 26.7 Å². The van der Waals surface area contributed by atoms with E-state index in [-0.39, 0.29) is 5.82 Å². The van der Waals surface area contributed by atoms with Crippen LogP contribution in [0.3, 0.4) is 0 Å². The van der Waals surface area contributed by atoms with Crippen molar-refractivity contribution in [3.63, 3.8) is 0 Å². The molecule has 1 aliphatic rings. The summed E-state index contributed by atoms with van der Waals surface area (Å²) in [6.07, 6.45) is 1.14. The topological polar surface area (TPSA) is 28.2 Å². The summed E-state index contributed by atoms with van der Waals surface area (Å²) in [5.41, 5.74) is 0.740. The van der Waals surface area contributed by atoms with Crippen LogP contribution >= 0.6 is 11.3 Å². The van der Waals surface area contributed by atoms with Gasteiger partial charge < -0.3 is 10.2 Å². The van der Waals surface area contributed by atoms with Gasteiger partial charge in [-0.25, -0.2) is 9.37 Å². The Morgan fingerprint density at radius 2 is 2.41 bits per heavy atom. The summed E-state index contributed by atoms with van der Waals surface area (Å²) in [4.78, 5) is 6.71. The van der Waals surface area contributed by atoms with Crippen molar-refractivity contribution < 1.29 is 4.39 Å². The van der Waals surface area contributed by atoms with Crippen molar-refractivity contribution in [1.82, 2.24) is 9.88 Å². The van der Waals surface area contributed by atoms with Gasteiger partial charge in [-0.1, -0.05) is 11.3 Å². The van der Waals surface area contributed by atoms with Gasteiger partial charge in [-0.3, -0.25) is 0 Å². The zero-order chi connectivity index (χ0) is 11.8. The molecule has 0 spiro atoms. The average molecular weight is 251 g/mol. The highest BCUT2D eigenvalue weighted by Crippen LogP contribution is 2.27. The molecular weight excluding hydrogens is 237 g/mol. The monoisotopic (exact) mass is 251 g/mol. The molecule has 17 heavy (non-hydrogen) atoms. The van der Waals surface area contributed by atoms with Crippen LogP contribution in [0.1, 0.15) is 6.42 Å². The minimum Gasteiger partial charge on any atom is -0.357 e. The molecule has 1 unspecified atom stereocenters. The molecule has 0 aliphatic carbocycles. The quantitative estimate of drug-likeness (QED) is 0.889. The van der Waals surface area contributed by atoms with Crippen LogP contribution in [0.5, 0.6) is 0 Å². The first-order valence-electron chi connectivity index (χ1n) is 5.72. The Balaban J connectivity index is 1.81. The van der Waals surface area contributed by atoms with Crippen molar-refractivity contribution in [1.29, 1.82) is 0 Å². The minimum atomic E-state index is -0.227. The third-order valence-electron chi connectivity index (χ3n) is 3.07. The van der Waals surface area contributed by atoms with Crippen LogP contribution in [0, 0.1) is 5.82 Å². The number of rotatable bonds is 2. The van der Waals surface area contributed by atoms with Gasteiger partial charge in [0, 0.05) is 18.7 Å². The summed E-state index contributed by atoms with van der Waals surface area (Å²) in [6.45, 7) is 2.17. The number of likely N-dealkylation sites (tertiary alicyclic amines) is 1. The summed E-state index contributed by atoms with van der Waals surface area (Å²) in [5, 5.41) is 4.32. The van der Waals surface area contributed by atoms with Crippen LogP contribution in [-0.2, 0) is 0 Å². The highest BCUT2D eigenvalue weighted by atomic mass is 32.1. The first-order chi connectivity index (χ1) is 8.20. The number of anilines is 1. The number of likely N-dealkylation sites (N-methyl/N-ethyl adjacent to an activating group) is 1.